The van der Waals surface area contributed by atoms with Crippen LogP contribution in [0.1, 0.15) is 11.3 Å². The van der Waals surface area contributed by atoms with Crippen LogP contribution in [0.5, 0.6) is 11.9 Å². The molecule has 0 aliphatic heterocycles. The van der Waals surface area contributed by atoms with E-state index in [4.69, 9.17) is 8.85 Å². The minimum Gasteiger partial charge on any atom is -0.531 e. The quantitative estimate of drug-likeness (QED) is 0.794. The molecule has 1 rings (SSSR count). The SMILES string of the molecule is Cc1nc(O[Si](C)(C)C)nc(O[Si](C)(C)C)c1C. The van der Waals surface area contributed by atoms with Gasteiger partial charge in [-0.05, 0) is 53.1 Å². The minimum absolute atomic E-state index is 0.450. The van der Waals surface area contributed by atoms with E-state index in [1.165, 1.54) is 0 Å². The van der Waals surface area contributed by atoms with Gasteiger partial charge in [0, 0.05) is 5.56 Å². The molecule has 1 aromatic heterocycles. The molecule has 0 aromatic carbocycles. The number of hydrogen-bond acceptors (Lipinski definition) is 4. The molecule has 0 aliphatic rings. The van der Waals surface area contributed by atoms with E-state index >= 15 is 0 Å². The Labute approximate surface area is 112 Å². The van der Waals surface area contributed by atoms with Crippen LogP contribution in [0.3, 0.4) is 0 Å². The molecule has 4 nitrogen and oxygen atoms in total. The third-order valence-corrected chi connectivity index (χ3v) is 3.73. The average Bonchev–Trinajstić information content (AvgIpc) is 2.08. The summed E-state index contributed by atoms with van der Waals surface area (Å²) in [4.78, 5) is 8.80. The van der Waals surface area contributed by atoms with Crippen molar-refractivity contribution in [3.05, 3.63) is 11.3 Å². The first-order valence-electron chi connectivity index (χ1n) is 6.21. The molecule has 6 heteroatoms. The van der Waals surface area contributed by atoms with Crippen LogP contribution in [0, 0.1) is 13.8 Å². The molecule has 0 N–H and O–H groups in total. The van der Waals surface area contributed by atoms with Crippen LogP contribution in [0.25, 0.3) is 0 Å². The monoisotopic (exact) mass is 284 g/mol. The van der Waals surface area contributed by atoms with Gasteiger partial charge in [0.05, 0.1) is 5.69 Å². The van der Waals surface area contributed by atoms with Crippen molar-refractivity contribution in [2.45, 2.75) is 53.1 Å². The Morgan fingerprint density at radius 2 is 1.28 bits per heavy atom. The van der Waals surface area contributed by atoms with Gasteiger partial charge in [0.1, 0.15) is 0 Å². The highest BCUT2D eigenvalue weighted by molar-refractivity contribution is 6.70. The fraction of sp³-hybridized carbons (Fsp3) is 0.667. The summed E-state index contributed by atoms with van der Waals surface area (Å²) in [6.45, 7) is 16.7. The van der Waals surface area contributed by atoms with E-state index in [-0.39, 0.29) is 0 Å². The first-order chi connectivity index (χ1) is 7.98. The van der Waals surface area contributed by atoms with Crippen molar-refractivity contribution < 1.29 is 8.85 Å². The molecule has 102 valence electrons. The van der Waals surface area contributed by atoms with E-state index in [0.29, 0.717) is 11.9 Å². The topological polar surface area (TPSA) is 44.2 Å². The zero-order valence-electron chi connectivity index (χ0n) is 12.7. The van der Waals surface area contributed by atoms with Crippen molar-refractivity contribution in [3.63, 3.8) is 0 Å². The van der Waals surface area contributed by atoms with Gasteiger partial charge in [0.25, 0.3) is 0 Å². The second-order valence-electron chi connectivity index (χ2n) is 6.45. The number of aryl methyl sites for hydroxylation is 1. The average molecular weight is 285 g/mol. The van der Waals surface area contributed by atoms with Crippen LogP contribution in [0.15, 0.2) is 0 Å². The molecule has 1 aromatic rings. The van der Waals surface area contributed by atoms with Gasteiger partial charge in [0.15, 0.2) is 0 Å². The summed E-state index contributed by atoms with van der Waals surface area (Å²) in [7, 11) is -3.36. The van der Waals surface area contributed by atoms with E-state index < -0.39 is 16.6 Å². The minimum atomic E-state index is -1.69. The van der Waals surface area contributed by atoms with Crippen molar-refractivity contribution in [2.75, 3.05) is 0 Å². The number of nitrogens with zero attached hydrogens (tertiary/aromatic N) is 2. The van der Waals surface area contributed by atoms with Gasteiger partial charge in [-0.2, -0.15) is 4.98 Å². The summed E-state index contributed by atoms with van der Waals surface area (Å²) in [5.41, 5.74) is 1.92. The van der Waals surface area contributed by atoms with Crippen molar-refractivity contribution in [1.29, 1.82) is 0 Å². The second-order valence-corrected chi connectivity index (χ2v) is 15.3. The second kappa shape index (κ2) is 5.01. The van der Waals surface area contributed by atoms with Gasteiger partial charge in [-0.1, -0.05) is 0 Å². The molecule has 0 spiro atoms. The summed E-state index contributed by atoms with van der Waals surface area (Å²) in [5.74, 6) is 0.676. The van der Waals surface area contributed by atoms with Gasteiger partial charge in [-0.25, -0.2) is 4.98 Å². The summed E-state index contributed by atoms with van der Waals surface area (Å²) in [5, 5.41) is 0. The Morgan fingerprint density at radius 3 is 1.72 bits per heavy atom. The van der Waals surface area contributed by atoms with Gasteiger partial charge < -0.3 is 8.85 Å². The molecular weight excluding hydrogens is 260 g/mol. The molecule has 0 saturated heterocycles. The Kier molecular flexibility index (Phi) is 4.22. The van der Waals surface area contributed by atoms with Crippen LogP contribution < -0.4 is 8.85 Å². The Balaban J connectivity index is 3.11. The normalized spacial score (nSPS) is 12.4. The summed E-state index contributed by atoms with van der Waals surface area (Å²) in [6.07, 6.45) is 0. The molecule has 0 bridgehead atoms. The number of hydrogen-bond donors (Lipinski definition) is 0. The van der Waals surface area contributed by atoms with Gasteiger partial charge in [-0.15, -0.1) is 0 Å². The maximum absolute atomic E-state index is 5.99. The summed E-state index contributed by atoms with van der Waals surface area (Å²) in [6, 6.07) is 0.450. The molecule has 0 atom stereocenters. The van der Waals surface area contributed by atoms with Crippen LogP contribution in [-0.2, 0) is 0 Å². The molecule has 0 radical (unpaired) electrons. The van der Waals surface area contributed by atoms with Gasteiger partial charge in [-0.3, -0.25) is 0 Å². The van der Waals surface area contributed by atoms with Crippen LogP contribution >= 0.6 is 0 Å². The standard InChI is InChI=1S/C12H24N2O2Si2/c1-9-10(2)13-12(16-18(6,7)8)14-11(9)15-17(3,4)5/h1-8H3. The van der Waals surface area contributed by atoms with Crippen molar-refractivity contribution in [1.82, 2.24) is 9.97 Å². The first kappa shape index (κ1) is 15.2. The molecule has 0 saturated carbocycles. The van der Waals surface area contributed by atoms with Gasteiger partial charge >= 0.3 is 6.01 Å². The van der Waals surface area contributed by atoms with E-state index in [0.717, 1.165) is 11.3 Å². The molecule has 0 unspecified atom stereocenters. The maximum Gasteiger partial charge on any atom is 0.306 e. The highest BCUT2D eigenvalue weighted by Crippen LogP contribution is 2.24. The van der Waals surface area contributed by atoms with Gasteiger partial charge in [0.2, 0.25) is 22.5 Å². The lowest BCUT2D eigenvalue weighted by atomic mass is 10.3. The molecule has 18 heavy (non-hydrogen) atoms. The fourth-order valence-electron chi connectivity index (χ4n) is 1.29. The lowest BCUT2D eigenvalue weighted by Crippen LogP contribution is -2.32. The third-order valence-electron chi connectivity index (χ3n) is 2.12. The van der Waals surface area contributed by atoms with Crippen LogP contribution in [0.2, 0.25) is 39.3 Å². The van der Waals surface area contributed by atoms with Crippen molar-refractivity contribution in [3.8, 4) is 11.9 Å². The third kappa shape index (κ3) is 4.77. The summed E-state index contributed by atoms with van der Waals surface area (Å²) < 4.78 is 11.8. The van der Waals surface area contributed by atoms with E-state index in [1.54, 1.807) is 0 Å². The van der Waals surface area contributed by atoms with E-state index in [9.17, 15) is 0 Å². The van der Waals surface area contributed by atoms with E-state index in [1.807, 2.05) is 13.8 Å². The zero-order valence-corrected chi connectivity index (χ0v) is 14.7. The van der Waals surface area contributed by atoms with Crippen molar-refractivity contribution >= 4 is 16.6 Å². The highest BCUT2D eigenvalue weighted by atomic mass is 28.4. The molecule has 1 heterocycles. The van der Waals surface area contributed by atoms with Crippen molar-refractivity contribution in [2.24, 2.45) is 0 Å². The fourth-order valence-corrected chi connectivity index (χ4v) is 2.70. The smallest absolute Gasteiger partial charge is 0.306 e. The molecule has 0 fully saturated rings. The van der Waals surface area contributed by atoms with Crippen LogP contribution in [0.4, 0.5) is 0 Å². The Hall–Kier alpha value is -0.886. The predicted octanol–water partition coefficient (Wildman–Crippen LogP) is 3.52. The Bertz CT molecular complexity index is 437. The predicted molar refractivity (Wildman–Crippen MR) is 79.5 cm³/mol. The highest BCUT2D eigenvalue weighted by Gasteiger charge is 2.23. The zero-order chi connectivity index (χ0) is 14.1. The van der Waals surface area contributed by atoms with Crippen LogP contribution in [-0.4, -0.2) is 26.6 Å². The lowest BCUT2D eigenvalue weighted by Gasteiger charge is -2.22. The number of rotatable bonds is 4. The maximum atomic E-state index is 5.99. The molecular formula is C12H24N2O2Si2. The largest absolute Gasteiger partial charge is 0.531 e. The lowest BCUT2D eigenvalue weighted by molar-refractivity contribution is 0.470. The molecule has 0 amide bonds. The molecule has 0 aliphatic carbocycles. The summed E-state index contributed by atoms with van der Waals surface area (Å²) >= 11 is 0. The van der Waals surface area contributed by atoms with E-state index in [2.05, 4.69) is 49.3 Å². The Morgan fingerprint density at radius 1 is 0.778 bits per heavy atom. The number of aromatic nitrogens is 2. The first-order valence-corrected chi connectivity index (χ1v) is 13.0.